The molecular formula is C34H63Cl4N12Pt2-. The fourth-order valence-electron chi connectivity index (χ4n) is 2.77. The molecule has 12 nitrogen and oxygen atoms in total. The van der Waals surface area contributed by atoms with Gasteiger partial charge in [-0.25, -0.2) is 5.26 Å². The van der Waals surface area contributed by atoms with Gasteiger partial charge in [0.25, 0.3) is 0 Å². The molecule has 0 spiro atoms. The second kappa shape index (κ2) is 52.9. The first kappa shape index (κ1) is 71.0. The van der Waals surface area contributed by atoms with E-state index in [1.165, 1.54) is 0 Å². The van der Waals surface area contributed by atoms with Gasteiger partial charge in [0.05, 0.1) is 34.5 Å². The quantitative estimate of drug-likeness (QED) is 0.0953. The van der Waals surface area contributed by atoms with Gasteiger partial charge in [0.2, 0.25) is 0 Å². The molecule has 0 aliphatic carbocycles. The molecule has 0 saturated carbocycles. The molecule has 0 aromatic carbocycles. The molecule has 5 rings (SSSR count). The first-order valence-corrected chi connectivity index (χ1v) is 20.8. The summed E-state index contributed by atoms with van der Waals surface area (Å²) >= 11 is -0.472. The van der Waals surface area contributed by atoms with E-state index in [1.54, 1.807) is 6.92 Å². The van der Waals surface area contributed by atoms with Crippen molar-refractivity contribution >= 4 is 40.5 Å². The van der Waals surface area contributed by atoms with Crippen LogP contribution in [-0.2, 0) is 37.5 Å². The average Bonchev–Trinajstić information content (AvgIpc) is 3.91. The molecule has 0 unspecified atom stereocenters. The molecule has 5 heterocycles. The van der Waals surface area contributed by atoms with Crippen molar-refractivity contribution < 1.29 is 37.5 Å². The summed E-state index contributed by atoms with van der Waals surface area (Å²) in [6.07, 6.45) is 0.625. The van der Waals surface area contributed by atoms with Gasteiger partial charge in [0.1, 0.15) is 0 Å². The Labute approximate surface area is 355 Å². The van der Waals surface area contributed by atoms with Crippen LogP contribution in [0.25, 0.3) is 0 Å². The van der Waals surface area contributed by atoms with Crippen LogP contribution in [-0.4, -0.2) is 51.0 Å². The number of nitrogens with zero attached hydrogens (tertiary/aromatic N) is 7. The molecular weight excluding hydrogens is 1110 g/mol. The van der Waals surface area contributed by atoms with Crippen molar-refractivity contribution in [2.45, 2.75) is 112 Å². The molecule has 5 aromatic heterocycles. The Bertz CT molecular complexity index is 1120. The summed E-state index contributed by atoms with van der Waals surface area (Å²) in [6, 6.07) is 11.9. The molecule has 0 fully saturated rings. The van der Waals surface area contributed by atoms with Crippen LogP contribution in [0, 0.1) is 99.3 Å². The van der Waals surface area contributed by atoms with Crippen LogP contribution in [0.15, 0.2) is 30.3 Å². The van der Waals surface area contributed by atoms with Crippen molar-refractivity contribution in [3.05, 3.63) is 94.2 Å². The van der Waals surface area contributed by atoms with Gasteiger partial charge in [-0.3, -0.25) is 25.5 Å². The second-order valence-corrected chi connectivity index (χ2v) is 12.3. The van der Waals surface area contributed by atoms with E-state index in [2.05, 4.69) is 86.2 Å². The summed E-state index contributed by atoms with van der Waals surface area (Å²) in [4.78, 5) is 0. The number of aromatic nitrogens is 10. The van der Waals surface area contributed by atoms with Crippen LogP contribution in [0.2, 0.25) is 0 Å². The normalized spacial score (nSPS) is 7.42. The van der Waals surface area contributed by atoms with Crippen LogP contribution >= 0.6 is 40.5 Å². The number of H-pyrrole nitrogens is 5. The Kier molecular flexibility index (Phi) is 72.3. The van der Waals surface area contributed by atoms with Gasteiger partial charge in [0, 0.05) is 84.2 Å². The smallest absolute Gasteiger partial charge is 0 e. The number of aryl methyl sites for hydroxylation is 10. The fraction of sp³-hybridized carbons (Fsp3) is 0.471. The van der Waals surface area contributed by atoms with E-state index < -0.39 is 16.5 Å². The third-order valence-electron chi connectivity index (χ3n) is 4.33. The van der Waals surface area contributed by atoms with E-state index in [9.17, 15) is 0 Å². The molecule has 308 valence electrons. The zero-order valence-corrected chi connectivity index (χ0v) is 37.7. The van der Waals surface area contributed by atoms with Crippen LogP contribution in [0.5, 0.6) is 0 Å². The number of nitrogens with one attached hydrogen (secondary N) is 5. The minimum absolute atomic E-state index is 0. The fourth-order valence-corrected chi connectivity index (χ4v) is 2.77. The van der Waals surface area contributed by atoms with Crippen LogP contribution < -0.4 is 0 Å². The van der Waals surface area contributed by atoms with Crippen molar-refractivity contribution in [2.75, 3.05) is 0 Å². The Balaban J connectivity index is -0.0000000578. The summed E-state index contributed by atoms with van der Waals surface area (Å²) in [5.74, 6) is 0. The molecule has 0 saturated heterocycles. The van der Waals surface area contributed by atoms with Crippen molar-refractivity contribution in [2.24, 2.45) is 0 Å². The largest absolute Gasteiger partial charge is 0 e. The van der Waals surface area contributed by atoms with E-state index >= 15 is 0 Å². The second-order valence-electron chi connectivity index (χ2n) is 9.02. The zero-order chi connectivity index (χ0) is 38.5. The summed E-state index contributed by atoms with van der Waals surface area (Å²) in [7, 11) is 18.0. The molecule has 0 bridgehead atoms. The summed E-state index contributed by atoms with van der Waals surface area (Å²) in [5.41, 5.74) is 10.9. The van der Waals surface area contributed by atoms with E-state index in [-0.39, 0.29) is 43.3 Å². The van der Waals surface area contributed by atoms with Gasteiger partial charge in [0.15, 0.2) is 0 Å². The minimum atomic E-state index is -0.472. The number of halogens is 4. The number of aromatic amines is 5. The first-order valence-electron chi connectivity index (χ1n) is 14.0. The van der Waals surface area contributed by atoms with Gasteiger partial charge in [-0.1, -0.05) is 29.2 Å². The Morgan fingerprint density at radius 1 is 0.558 bits per heavy atom. The minimum Gasteiger partial charge on any atom is 0 e. The topological polar surface area (TPSA) is 191 Å². The van der Waals surface area contributed by atoms with E-state index in [4.69, 9.17) is 29.4 Å². The summed E-state index contributed by atoms with van der Waals surface area (Å²) in [5, 5.41) is 47.7. The van der Waals surface area contributed by atoms with Gasteiger partial charge >= 0.3 is 35.3 Å². The standard InChI is InChI=1S/5C5H8N2.C3H5N.C2H5.CHN.3CH4.Cl2.2ClH.2Pt/c5*1-4-3-5(2)7-6-4;1-2-3-4;2*1-2;;;;1-2;;;;/h5*3H,1-2H3,(H,6,7);2H2,1H3;1H2,2H3;1H;3*1H4;;2*1H;;/q;;;;;;-1;;;;;;;;;+2/p-2. The Hall–Kier alpha value is -2.43. The number of nitriles is 2. The van der Waals surface area contributed by atoms with Crippen molar-refractivity contribution in [3.63, 3.8) is 0 Å². The summed E-state index contributed by atoms with van der Waals surface area (Å²) in [6.45, 7) is 30.1. The molecule has 52 heavy (non-hydrogen) atoms. The predicted octanol–water partition coefficient (Wildman–Crippen LogP) is 11.7. The Morgan fingerprint density at radius 3 is 0.692 bits per heavy atom. The van der Waals surface area contributed by atoms with Crippen molar-refractivity contribution in [3.8, 4) is 12.6 Å². The maximum Gasteiger partial charge on any atom is 0 e. The molecule has 0 radical (unpaired) electrons. The average molecular weight is 1170 g/mol. The molecule has 0 atom stereocenters. The van der Waals surface area contributed by atoms with Crippen molar-refractivity contribution in [1.82, 2.24) is 51.0 Å². The molecule has 0 amide bonds. The van der Waals surface area contributed by atoms with Gasteiger partial charge < -0.3 is 6.92 Å². The number of hydrogen-bond acceptors (Lipinski definition) is 7. The molecule has 0 aliphatic heterocycles. The van der Waals surface area contributed by atoms with Gasteiger partial charge in [-0.15, -0.1) is 0 Å². The van der Waals surface area contributed by atoms with E-state index in [0.717, 1.165) is 56.9 Å². The zero-order valence-electron chi connectivity index (χ0n) is 30.2. The van der Waals surface area contributed by atoms with E-state index in [0.29, 0.717) is 6.42 Å². The van der Waals surface area contributed by atoms with Crippen LogP contribution in [0.1, 0.15) is 99.5 Å². The monoisotopic (exact) mass is 1170 g/mol. The maximum atomic E-state index is 7.62. The van der Waals surface area contributed by atoms with Gasteiger partial charge in [-0.05, 0) is 99.6 Å². The molecule has 5 N–H and O–H groups in total. The third kappa shape index (κ3) is 54.3. The first-order chi connectivity index (χ1) is 22.8. The van der Waals surface area contributed by atoms with Crippen molar-refractivity contribution in [1.29, 1.82) is 10.5 Å². The third-order valence-corrected chi connectivity index (χ3v) is 4.33. The molecule has 5 aromatic rings. The number of hydrogen-bond donors (Lipinski definition) is 5. The predicted molar refractivity (Wildman–Crippen MR) is 218 cm³/mol. The SMILES string of the molecule is C.C.C.C#N.CCC#N.Cc1cc(C)[nH]n1.Cc1cc(C)[nH]n1.Cc1cc(C)[nH]n1.Cc1cc(C)[nH]n1.Cc1cc(C)[nH]n1.ClCl.[CH2-]C.[Cl][Pt][Cl].[Pt]. The van der Waals surface area contributed by atoms with Gasteiger partial charge in [-0.2, -0.15) is 37.7 Å². The molecule has 18 heteroatoms. The number of rotatable bonds is 0. The van der Waals surface area contributed by atoms with Crippen LogP contribution in [0.4, 0.5) is 0 Å². The van der Waals surface area contributed by atoms with Crippen LogP contribution in [0.3, 0.4) is 0 Å². The summed E-state index contributed by atoms with van der Waals surface area (Å²) < 4.78 is 0. The maximum absolute atomic E-state index is 7.62. The molecule has 0 aliphatic rings. The van der Waals surface area contributed by atoms with E-state index in [1.807, 2.05) is 113 Å². The Morgan fingerprint density at radius 2 is 0.673 bits per heavy atom.